The summed E-state index contributed by atoms with van der Waals surface area (Å²) >= 11 is 0. The summed E-state index contributed by atoms with van der Waals surface area (Å²) < 4.78 is 10.3. The van der Waals surface area contributed by atoms with E-state index < -0.39 is 11.7 Å². The van der Waals surface area contributed by atoms with Gasteiger partial charge in [-0.25, -0.2) is 4.79 Å². The van der Waals surface area contributed by atoms with Gasteiger partial charge in [-0.2, -0.15) is 0 Å². The fraction of sp³-hybridized carbons (Fsp3) is 0.200. The Morgan fingerprint density at radius 1 is 1.35 bits per heavy atom. The first-order valence-corrected chi connectivity index (χ1v) is 5.99. The highest BCUT2D eigenvalue weighted by molar-refractivity contribution is 5.83. The number of allylic oxidation sites excluding steroid dienone is 1. The quantitative estimate of drug-likeness (QED) is 0.524. The molecule has 1 aromatic heterocycles. The first kappa shape index (κ1) is 14.0. The summed E-state index contributed by atoms with van der Waals surface area (Å²) in [7, 11) is 1.45. The van der Waals surface area contributed by atoms with Gasteiger partial charge in [0.15, 0.2) is 0 Å². The standard InChI is InChI=1S/C15H14O5/c1-9(8-16)7-11(17)14-12(19-2)5-3-10-4-6-13(18)20-15(10)14/h3-8,11,17H,1-2H3/b9-7+/t11-/m0/s1. The number of rotatable bonds is 4. The van der Waals surface area contributed by atoms with Crippen molar-refractivity contribution in [2.45, 2.75) is 13.0 Å². The zero-order valence-electron chi connectivity index (χ0n) is 11.1. The molecule has 1 aromatic carbocycles. The maximum Gasteiger partial charge on any atom is 0.336 e. The Morgan fingerprint density at radius 2 is 2.05 bits per heavy atom. The number of ether oxygens (including phenoxy) is 1. The van der Waals surface area contributed by atoms with Gasteiger partial charge in [-0.15, -0.1) is 0 Å². The lowest BCUT2D eigenvalue weighted by Crippen LogP contribution is -2.03. The second-order valence-corrected chi connectivity index (χ2v) is 4.33. The van der Waals surface area contributed by atoms with Crippen molar-refractivity contribution in [1.29, 1.82) is 0 Å². The fourth-order valence-electron chi connectivity index (χ4n) is 1.97. The maximum absolute atomic E-state index is 11.4. The molecule has 0 saturated heterocycles. The van der Waals surface area contributed by atoms with Crippen LogP contribution in [0.5, 0.6) is 5.75 Å². The van der Waals surface area contributed by atoms with Crippen molar-refractivity contribution in [3.05, 3.63) is 51.9 Å². The van der Waals surface area contributed by atoms with E-state index in [0.29, 0.717) is 28.6 Å². The molecule has 5 heteroatoms. The Balaban J connectivity index is 2.73. The lowest BCUT2D eigenvalue weighted by molar-refractivity contribution is -0.104. The third kappa shape index (κ3) is 2.62. The summed E-state index contributed by atoms with van der Waals surface area (Å²) in [6, 6.07) is 6.30. The highest BCUT2D eigenvalue weighted by Crippen LogP contribution is 2.33. The van der Waals surface area contributed by atoms with Crippen molar-refractivity contribution in [3.8, 4) is 5.75 Å². The first-order valence-electron chi connectivity index (χ1n) is 5.99. The molecular formula is C15H14O5. The lowest BCUT2D eigenvalue weighted by atomic mass is 10.0. The van der Waals surface area contributed by atoms with Gasteiger partial charge in [0, 0.05) is 11.5 Å². The predicted molar refractivity (Wildman–Crippen MR) is 73.8 cm³/mol. The molecule has 0 aliphatic rings. The normalized spacial score (nSPS) is 13.2. The predicted octanol–water partition coefficient (Wildman–Crippen LogP) is 1.98. The summed E-state index contributed by atoms with van der Waals surface area (Å²) in [4.78, 5) is 22.0. The van der Waals surface area contributed by atoms with Crippen LogP contribution in [0.25, 0.3) is 11.0 Å². The number of hydrogen-bond donors (Lipinski definition) is 1. The number of hydrogen-bond acceptors (Lipinski definition) is 5. The minimum Gasteiger partial charge on any atom is -0.496 e. The summed E-state index contributed by atoms with van der Waals surface area (Å²) in [6.07, 6.45) is 0.901. The van der Waals surface area contributed by atoms with Gasteiger partial charge in [0.05, 0.1) is 12.7 Å². The van der Waals surface area contributed by atoms with Gasteiger partial charge >= 0.3 is 5.63 Å². The molecule has 1 atom stereocenters. The number of carbonyl (C=O) groups excluding carboxylic acids is 1. The molecular weight excluding hydrogens is 260 g/mol. The van der Waals surface area contributed by atoms with Crippen LogP contribution in [0, 0.1) is 0 Å². The van der Waals surface area contributed by atoms with E-state index in [1.807, 2.05) is 0 Å². The monoisotopic (exact) mass is 274 g/mol. The topological polar surface area (TPSA) is 76.7 Å². The van der Waals surface area contributed by atoms with Crippen molar-refractivity contribution in [1.82, 2.24) is 0 Å². The highest BCUT2D eigenvalue weighted by atomic mass is 16.5. The molecule has 0 bridgehead atoms. The molecule has 1 heterocycles. The molecule has 104 valence electrons. The Morgan fingerprint density at radius 3 is 2.70 bits per heavy atom. The van der Waals surface area contributed by atoms with Crippen LogP contribution in [0.3, 0.4) is 0 Å². The molecule has 5 nitrogen and oxygen atoms in total. The molecule has 0 aliphatic carbocycles. The second-order valence-electron chi connectivity index (χ2n) is 4.33. The molecule has 2 rings (SSSR count). The Labute approximate surface area is 115 Å². The molecule has 0 amide bonds. The van der Waals surface area contributed by atoms with Crippen LogP contribution in [-0.2, 0) is 4.79 Å². The Kier molecular flexibility index (Phi) is 4.00. The molecule has 20 heavy (non-hydrogen) atoms. The van der Waals surface area contributed by atoms with Crippen LogP contribution in [-0.4, -0.2) is 18.5 Å². The molecule has 0 unspecified atom stereocenters. The van der Waals surface area contributed by atoms with Gasteiger partial charge < -0.3 is 14.3 Å². The maximum atomic E-state index is 11.4. The van der Waals surface area contributed by atoms with Crippen molar-refractivity contribution >= 4 is 17.3 Å². The third-order valence-corrected chi connectivity index (χ3v) is 2.91. The van der Waals surface area contributed by atoms with E-state index in [9.17, 15) is 14.7 Å². The smallest absolute Gasteiger partial charge is 0.336 e. The van der Waals surface area contributed by atoms with Gasteiger partial charge in [-0.1, -0.05) is 0 Å². The van der Waals surface area contributed by atoms with Crippen molar-refractivity contribution < 1.29 is 19.1 Å². The lowest BCUT2D eigenvalue weighted by Gasteiger charge is -2.13. The van der Waals surface area contributed by atoms with Gasteiger partial charge in [-0.3, -0.25) is 4.79 Å². The summed E-state index contributed by atoms with van der Waals surface area (Å²) in [6.45, 7) is 1.57. The zero-order chi connectivity index (χ0) is 14.7. The largest absolute Gasteiger partial charge is 0.496 e. The number of carbonyl (C=O) groups is 1. The summed E-state index contributed by atoms with van der Waals surface area (Å²) in [5, 5.41) is 10.9. The average molecular weight is 274 g/mol. The number of aliphatic hydroxyl groups excluding tert-OH is 1. The average Bonchev–Trinajstić information content (AvgIpc) is 2.45. The molecule has 0 radical (unpaired) electrons. The summed E-state index contributed by atoms with van der Waals surface area (Å²) in [5.74, 6) is 0.384. The van der Waals surface area contributed by atoms with E-state index in [0.717, 1.165) is 0 Å². The second kappa shape index (κ2) is 5.71. The summed E-state index contributed by atoms with van der Waals surface area (Å²) in [5.41, 5.74) is 0.424. The third-order valence-electron chi connectivity index (χ3n) is 2.91. The van der Waals surface area contributed by atoms with Crippen LogP contribution < -0.4 is 10.4 Å². The van der Waals surface area contributed by atoms with Gasteiger partial charge in [0.25, 0.3) is 0 Å². The van der Waals surface area contributed by atoms with Crippen molar-refractivity contribution in [3.63, 3.8) is 0 Å². The van der Waals surface area contributed by atoms with E-state index in [1.54, 1.807) is 25.1 Å². The number of aliphatic hydroxyl groups is 1. The molecule has 0 fully saturated rings. The van der Waals surface area contributed by atoms with E-state index in [2.05, 4.69) is 0 Å². The van der Waals surface area contributed by atoms with Gasteiger partial charge in [0.2, 0.25) is 0 Å². The Hall–Kier alpha value is -2.40. The van der Waals surface area contributed by atoms with E-state index >= 15 is 0 Å². The van der Waals surface area contributed by atoms with Crippen LogP contribution in [0.15, 0.2) is 45.1 Å². The van der Waals surface area contributed by atoms with Crippen LogP contribution in [0.1, 0.15) is 18.6 Å². The van der Waals surface area contributed by atoms with E-state index in [1.165, 1.54) is 19.3 Å². The number of fused-ring (bicyclic) bond motifs is 1. The molecule has 1 N–H and O–H groups in total. The molecule has 2 aromatic rings. The van der Waals surface area contributed by atoms with Crippen LogP contribution in [0.2, 0.25) is 0 Å². The van der Waals surface area contributed by atoms with Gasteiger partial charge in [-0.05, 0) is 36.8 Å². The number of methoxy groups -OCH3 is 1. The molecule has 0 spiro atoms. The zero-order valence-corrected chi connectivity index (χ0v) is 11.1. The van der Waals surface area contributed by atoms with Crippen molar-refractivity contribution in [2.24, 2.45) is 0 Å². The minimum atomic E-state index is -1.11. The van der Waals surface area contributed by atoms with Crippen molar-refractivity contribution in [2.75, 3.05) is 7.11 Å². The molecule has 0 aliphatic heterocycles. The van der Waals surface area contributed by atoms with Gasteiger partial charge in [0.1, 0.15) is 23.7 Å². The van der Waals surface area contributed by atoms with E-state index in [4.69, 9.17) is 9.15 Å². The Bertz CT molecular complexity index is 727. The SMILES string of the molecule is COc1ccc2ccc(=O)oc2c1[C@@H](O)/C=C(\C)C=O. The number of benzene rings is 1. The minimum absolute atomic E-state index is 0.249. The molecule has 0 saturated carbocycles. The van der Waals surface area contributed by atoms with E-state index in [-0.39, 0.29) is 5.58 Å². The fourth-order valence-corrected chi connectivity index (χ4v) is 1.97. The van der Waals surface area contributed by atoms with Crippen LogP contribution in [0.4, 0.5) is 0 Å². The van der Waals surface area contributed by atoms with Crippen LogP contribution >= 0.6 is 0 Å². The number of aldehydes is 1. The highest BCUT2D eigenvalue weighted by Gasteiger charge is 2.17. The first-order chi connectivity index (χ1) is 9.56.